The Morgan fingerprint density at radius 3 is 2.41 bits per heavy atom. The zero-order chi connectivity index (χ0) is 26.8. The van der Waals surface area contributed by atoms with Crippen molar-refractivity contribution in [3.8, 4) is 11.4 Å². The Bertz CT molecular complexity index is 1450. The minimum atomic E-state index is -1.92. The van der Waals surface area contributed by atoms with Gasteiger partial charge in [-0.15, -0.1) is 0 Å². The first-order valence-corrected chi connectivity index (χ1v) is 15.4. The molecule has 0 atom stereocenters. The summed E-state index contributed by atoms with van der Waals surface area (Å²) in [4.78, 5) is 24.3. The molecule has 37 heavy (non-hydrogen) atoms. The number of methoxy groups -OCH3 is 1. The van der Waals surface area contributed by atoms with E-state index in [2.05, 4.69) is 54.8 Å². The predicted molar refractivity (Wildman–Crippen MR) is 153 cm³/mol. The van der Waals surface area contributed by atoms with Gasteiger partial charge < -0.3 is 14.1 Å². The number of hydrogen-bond acceptors (Lipinski definition) is 6. The van der Waals surface area contributed by atoms with Gasteiger partial charge in [-0.25, -0.2) is 4.98 Å². The van der Waals surface area contributed by atoms with Gasteiger partial charge in [0, 0.05) is 36.4 Å². The van der Waals surface area contributed by atoms with E-state index in [-0.39, 0.29) is 10.6 Å². The van der Waals surface area contributed by atoms with Crippen LogP contribution in [0.4, 0.5) is 11.4 Å². The van der Waals surface area contributed by atoms with E-state index in [1.807, 2.05) is 37.3 Å². The first kappa shape index (κ1) is 26.6. The summed E-state index contributed by atoms with van der Waals surface area (Å²) in [5.74, 6) is 0.785. The van der Waals surface area contributed by atoms with Gasteiger partial charge in [0.05, 0.1) is 30.3 Å². The number of anilines is 2. The quantitative estimate of drug-likeness (QED) is 0.258. The Labute approximate surface area is 219 Å². The van der Waals surface area contributed by atoms with Crippen LogP contribution < -0.4 is 15.2 Å². The van der Waals surface area contributed by atoms with E-state index in [1.54, 1.807) is 42.5 Å². The van der Waals surface area contributed by atoms with E-state index in [0.29, 0.717) is 24.1 Å². The summed E-state index contributed by atoms with van der Waals surface area (Å²) >= 11 is 0. The van der Waals surface area contributed by atoms with Gasteiger partial charge in [-0.05, 0) is 73.1 Å². The molecular formula is C29H36N4O3Si. The van der Waals surface area contributed by atoms with Crippen molar-refractivity contribution in [2.24, 2.45) is 0 Å². The molecule has 0 saturated carbocycles. The van der Waals surface area contributed by atoms with Crippen LogP contribution in [-0.4, -0.2) is 43.1 Å². The average Bonchev–Trinajstić information content (AvgIpc) is 2.86. The molecule has 0 fully saturated rings. The number of benzene rings is 2. The first-order chi connectivity index (χ1) is 17.5. The van der Waals surface area contributed by atoms with Crippen LogP contribution in [0.15, 0.2) is 72.0 Å². The molecule has 4 rings (SSSR count). The molecule has 0 bridgehead atoms. The number of ether oxygens (including phenoxy) is 1. The van der Waals surface area contributed by atoms with Crippen molar-refractivity contribution in [3.05, 3.63) is 83.2 Å². The van der Waals surface area contributed by atoms with Crippen molar-refractivity contribution < 1.29 is 9.16 Å². The standard InChI is InChI=1S/C29H36N4O3Si/c1-21-16-24(18-25(17-21)35-5)32(14-15-36-37(6,7)29(2,3)4)23-8-9-27-26(19-23)28(34)33(20-31-27)22-10-12-30-13-11-22/h8-13,16-20H,14-15H2,1-7H3. The molecule has 0 amide bonds. The molecule has 2 heterocycles. The Kier molecular flexibility index (Phi) is 7.52. The van der Waals surface area contributed by atoms with E-state index in [4.69, 9.17) is 9.16 Å². The molecule has 0 unspecified atom stereocenters. The van der Waals surface area contributed by atoms with Crippen molar-refractivity contribution in [2.45, 2.75) is 45.8 Å². The Balaban J connectivity index is 1.77. The molecule has 0 aliphatic rings. The molecule has 0 radical (unpaired) electrons. The molecule has 7 nitrogen and oxygen atoms in total. The lowest BCUT2D eigenvalue weighted by Gasteiger charge is -2.37. The van der Waals surface area contributed by atoms with Gasteiger partial charge >= 0.3 is 0 Å². The van der Waals surface area contributed by atoms with E-state index >= 15 is 0 Å². The highest BCUT2D eigenvalue weighted by atomic mass is 28.4. The number of aromatic nitrogens is 3. The topological polar surface area (TPSA) is 69.5 Å². The molecule has 2 aromatic carbocycles. The van der Waals surface area contributed by atoms with E-state index in [9.17, 15) is 4.79 Å². The maximum atomic E-state index is 13.5. The molecular weight excluding hydrogens is 480 g/mol. The minimum absolute atomic E-state index is 0.122. The third-order valence-corrected chi connectivity index (χ3v) is 11.7. The first-order valence-electron chi connectivity index (χ1n) is 12.5. The average molecular weight is 517 g/mol. The lowest BCUT2D eigenvalue weighted by molar-refractivity contribution is 0.297. The summed E-state index contributed by atoms with van der Waals surface area (Å²) in [6.07, 6.45) is 4.89. The summed E-state index contributed by atoms with van der Waals surface area (Å²) in [6, 6.07) is 15.6. The highest BCUT2D eigenvalue weighted by molar-refractivity contribution is 6.74. The van der Waals surface area contributed by atoms with Crippen molar-refractivity contribution in [1.82, 2.24) is 14.5 Å². The molecule has 0 saturated heterocycles. The number of fused-ring (bicyclic) bond motifs is 1. The van der Waals surface area contributed by atoms with Crippen molar-refractivity contribution in [3.63, 3.8) is 0 Å². The number of rotatable bonds is 8. The summed E-state index contributed by atoms with van der Waals surface area (Å²) in [6.45, 7) is 14.5. The third kappa shape index (κ3) is 5.75. The van der Waals surface area contributed by atoms with E-state index in [1.165, 1.54) is 0 Å². The maximum Gasteiger partial charge on any atom is 0.265 e. The fourth-order valence-electron chi connectivity index (χ4n) is 3.98. The largest absolute Gasteiger partial charge is 0.497 e. The van der Waals surface area contributed by atoms with Crippen LogP contribution in [-0.2, 0) is 4.43 Å². The molecule has 0 N–H and O–H groups in total. The summed E-state index contributed by atoms with van der Waals surface area (Å²) in [5, 5.41) is 0.670. The summed E-state index contributed by atoms with van der Waals surface area (Å²) < 4.78 is 13.6. The van der Waals surface area contributed by atoms with Gasteiger partial charge in [0.1, 0.15) is 12.1 Å². The second kappa shape index (κ2) is 10.5. The van der Waals surface area contributed by atoms with Gasteiger partial charge in [-0.1, -0.05) is 20.8 Å². The van der Waals surface area contributed by atoms with Crippen LogP contribution in [0.1, 0.15) is 26.3 Å². The molecule has 0 spiro atoms. The van der Waals surface area contributed by atoms with Crippen LogP contribution >= 0.6 is 0 Å². The predicted octanol–water partition coefficient (Wildman–Crippen LogP) is 6.26. The van der Waals surface area contributed by atoms with Crippen molar-refractivity contribution in [1.29, 1.82) is 0 Å². The number of pyridine rings is 1. The van der Waals surface area contributed by atoms with Crippen LogP contribution in [0.3, 0.4) is 0 Å². The zero-order valence-electron chi connectivity index (χ0n) is 22.8. The van der Waals surface area contributed by atoms with Gasteiger partial charge in [0.2, 0.25) is 0 Å². The van der Waals surface area contributed by atoms with Gasteiger partial charge in [0.25, 0.3) is 5.56 Å². The normalized spacial score (nSPS) is 12.1. The molecule has 0 aliphatic heterocycles. The van der Waals surface area contributed by atoms with Crippen LogP contribution in [0.2, 0.25) is 18.1 Å². The van der Waals surface area contributed by atoms with E-state index < -0.39 is 8.32 Å². The fourth-order valence-corrected chi connectivity index (χ4v) is 5.02. The Morgan fingerprint density at radius 2 is 1.73 bits per heavy atom. The third-order valence-electron chi connectivity index (χ3n) is 7.16. The molecule has 2 aromatic heterocycles. The van der Waals surface area contributed by atoms with E-state index in [0.717, 1.165) is 28.4 Å². The Hall–Kier alpha value is -3.49. The monoisotopic (exact) mass is 516 g/mol. The van der Waals surface area contributed by atoms with Crippen molar-refractivity contribution >= 4 is 30.6 Å². The number of nitrogens with zero attached hydrogens (tertiary/aromatic N) is 4. The highest BCUT2D eigenvalue weighted by Gasteiger charge is 2.37. The van der Waals surface area contributed by atoms with Crippen molar-refractivity contribution in [2.75, 3.05) is 25.2 Å². The highest BCUT2D eigenvalue weighted by Crippen LogP contribution is 2.37. The summed E-state index contributed by atoms with van der Waals surface area (Å²) in [7, 11) is -0.246. The molecule has 8 heteroatoms. The smallest absolute Gasteiger partial charge is 0.265 e. The maximum absolute atomic E-state index is 13.5. The van der Waals surface area contributed by atoms with Gasteiger partial charge in [0.15, 0.2) is 8.32 Å². The van der Waals surface area contributed by atoms with Crippen LogP contribution in [0.25, 0.3) is 16.6 Å². The van der Waals surface area contributed by atoms with Crippen LogP contribution in [0.5, 0.6) is 5.75 Å². The van der Waals surface area contributed by atoms with Gasteiger partial charge in [-0.3, -0.25) is 14.3 Å². The fraction of sp³-hybridized carbons (Fsp3) is 0.345. The SMILES string of the molecule is COc1cc(C)cc(N(CCO[Si](C)(C)C(C)(C)C)c2ccc3ncn(-c4ccncc4)c(=O)c3c2)c1. The summed E-state index contributed by atoms with van der Waals surface area (Å²) in [5.41, 5.74) is 4.21. The molecule has 4 aromatic rings. The second-order valence-electron chi connectivity index (χ2n) is 10.8. The lowest BCUT2D eigenvalue weighted by Crippen LogP contribution is -2.42. The molecule has 0 aliphatic carbocycles. The Morgan fingerprint density at radius 1 is 1.00 bits per heavy atom. The second-order valence-corrected chi connectivity index (χ2v) is 15.6. The lowest BCUT2D eigenvalue weighted by atomic mass is 10.1. The van der Waals surface area contributed by atoms with Gasteiger partial charge in [-0.2, -0.15) is 0 Å². The minimum Gasteiger partial charge on any atom is -0.497 e. The zero-order valence-corrected chi connectivity index (χ0v) is 23.8. The number of aryl methyl sites for hydroxylation is 1. The molecule has 194 valence electrons. The van der Waals surface area contributed by atoms with Crippen LogP contribution in [0, 0.1) is 6.92 Å². The number of hydrogen-bond donors (Lipinski definition) is 0.